The van der Waals surface area contributed by atoms with Gasteiger partial charge in [-0.05, 0) is 36.2 Å². The molecule has 1 N–H and O–H groups in total. The van der Waals surface area contributed by atoms with E-state index in [0.29, 0.717) is 12.0 Å². The highest BCUT2D eigenvalue weighted by Gasteiger charge is 2.17. The van der Waals surface area contributed by atoms with Gasteiger partial charge in [0.2, 0.25) is 10.0 Å². The molecule has 0 spiro atoms. The van der Waals surface area contributed by atoms with Crippen LogP contribution in [0.2, 0.25) is 0 Å². The molecule has 0 amide bonds. The van der Waals surface area contributed by atoms with E-state index in [1.54, 1.807) is 12.1 Å². The summed E-state index contributed by atoms with van der Waals surface area (Å²) in [5, 5.41) is 9.01. The van der Waals surface area contributed by atoms with Crippen LogP contribution < -0.4 is 4.72 Å². The third kappa shape index (κ3) is 3.23. The SMILES string of the molecule is N#Cc1ccccc1S(=O)(=O)NCCc1ccc2ncoc2c1. The maximum Gasteiger partial charge on any atom is 0.241 e. The second kappa shape index (κ2) is 6.20. The van der Waals surface area contributed by atoms with Gasteiger partial charge in [0.25, 0.3) is 0 Å². The fraction of sp³-hybridized carbons (Fsp3) is 0.125. The number of benzene rings is 2. The lowest BCUT2D eigenvalue weighted by Gasteiger charge is -2.08. The van der Waals surface area contributed by atoms with Crippen molar-refractivity contribution in [3.63, 3.8) is 0 Å². The van der Waals surface area contributed by atoms with Gasteiger partial charge in [-0.25, -0.2) is 18.1 Å². The first-order valence-electron chi connectivity index (χ1n) is 6.91. The number of nitrogens with zero attached hydrogens (tertiary/aromatic N) is 2. The van der Waals surface area contributed by atoms with Crippen LogP contribution >= 0.6 is 0 Å². The fourth-order valence-corrected chi connectivity index (χ4v) is 3.44. The van der Waals surface area contributed by atoms with Crippen LogP contribution in [0.15, 0.2) is 58.2 Å². The lowest BCUT2D eigenvalue weighted by atomic mass is 10.1. The highest BCUT2D eigenvalue weighted by atomic mass is 32.2. The average Bonchev–Trinajstić information content (AvgIpc) is 3.02. The Morgan fingerprint density at radius 3 is 2.87 bits per heavy atom. The predicted octanol–water partition coefficient (Wildman–Crippen LogP) is 2.22. The van der Waals surface area contributed by atoms with E-state index < -0.39 is 10.0 Å². The Bertz CT molecular complexity index is 987. The summed E-state index contributed by atoms with van der Waals surface area (Å²) in [6.45, 7) is 0.224. The molecule has 0 atom stereocenters. The predicted molar refractivity (Wildman–Crippen MR) is 84.1 cm³/mol. The van der Waals surface area contributed by atoms with Crippen LogP contribution in [0.4, 0.5) is 0 Å². The quantitative estimate of drug-likeness (QED) is 0.775. The van der Waals surface area contributed by atoms with E-state index in [0.717, 1.165) is 11.1 Å². The van der Waals surface area contributed by atoms with Gasteiger partial charge in [-0.2, -0.15) is 5.26 Å². The van der Waals surface area contributed by atoms with Gasteiger partial charge in [0.05, 0.1) is 10.5 Å². The van der Waals surface area contributed by atoms with Crippen LogP contribution in [0.1, 0.15) is 11.1 Å². The number of nitriles is 1. The molecule has 0 radical (unpaired) electrons. The van der Waals surface area contributed by atoms with E-state index in [-0.39, 0.29) is 17.0 Å². The number of sulfonamides is 1. The normalized spacial score (nSPS) is 11.4. The first kappa shape index (κ1) is 15.2. The highest BCUT2D eigenvalue weighted by Crippen LogP contribution is 2.16. The summed E-state index contributed by atoms with van der Waals surface area (Å²) >= 11 is 0. The largest absolute Gasteiger partial charge is 0.443 e. The molecule has 23 heavy (non-hydrogen) atoms. The maximum absolute atomic E-state index is 12.3. The number of hydrogen-bond acceptors (Lipinski definition) is 5. The summed E-state index contributed by atoms with van der Waals surface area (Å²) in [5.41, 5.74) is 2.49. The van der Waals surface area contributed by atoms with Gasteiger partial charge in [0, 0.05) is 6.54 Å². The van der Waals surface area contributed by atoms with Crippen molar-refractivity contribution < 1.29 is 12.8 Å². The molecule has 116 valence electrons. The summed E-state index contributed by atoms with van der Waals surface area (Å²) in [4.78, 5) is 4.02. The number of oxazole rings is 1. The first-order chi connectivity index (χ1) is 11.1. The van der Waals surface area contributed by atoms with Gasteiger partial charge >= 0.3 is 0 Å². The minimum absolute atomic E-state index is 0.00631. The first-order valence-corrected chi connectivity index (χ1v) is 8.39. The third-order valence-electron chi connectivity index (χ3n) is 3.40. The van der Waals surface area contributed by atoms with Gasteiger partial charge in [0.15, 0.2) is 12.0 Å². The van der Waals surface area contributed by atoms with Gasteiger partial charge in [-0.15, -0.1) is 0 Å². The van der Waals surface area contributed by atoms with Crippen LogP contribution in [-0.4, -0.2) is 19.9 Å². The molecule has 0 saturated heterocycles. The lowest BCUT2D eigenvalue weighted by molar-refractivity contribution is 0.581. The van der Waals surface area contributed by atoms with E-state index in [9.17, 15) is 8.42 Å². The Morgan fingerprint density at radius 1 is 1.22 bits per heavy atom. The number of hydrogen-bond donors (Lipinski definition) is 1. The van der Waals surface area contributed by atoms with Crippen LogP contribution in [0.25, 0.3) is 11.1 Å². The van der Waals surface area contributed by atoms with Crippen LogP contribution in [-0.2, 0) is 16.4 Å². The Kier molecular flexibility index (Phi) is 4.10. The van der Waals surface area contributed by atoms with E-state index >= 15 is 0 Å². The number of aromatic nitrogens is 1. The third-order valence-corrected chi connectivity index (χ3v) is 4.92. The molecule has 0 bridgehead atoms. The van der Waals surface area contributed by atoms with Crippen molar-refractivity contribution in [2.75, 3.05) is 6.54 Å². The Balaban J connectivity index is 1.71. The summed E-state index contributed by atoms with van der Waals surface area (Å²) < 4.78 is 32.3. The van der Waals surface area contributed by atoms with Gasteiger partial charge in [-0.3, -0.25) is 0 Å². The molecule has 0 aliphatic heterocycles. The molecule has 0 saturated carbocycles. The minimum Gasteiger partial charge on any atom is -0.443 e. The molecule has 7 heteroatoms. The summed E-state index contributed by atoms with van der Waals surface area (Å²) in [6, 6.07) is 13.5. The number of nitrogens with one attached hydrogen (secondary N) is 1. The summed E-state index contributed by atoms with van der Waals surface area (Å²) in [5.74, 6) is 0. The zero-order valence-corrected chi connectivity index (χ0v) is 12.9. The molecule has 6 nitrogen and oxygen atoms in total. The molecule has 2 aromatic carbocycles. The minimum atomic E-state index is -3.71. The second-order valence-corrected chi connectivity index (χ2v) is 6.65. The zero-order chi connectivity index (χ0) is 16.3. The topological polar surface area (TPSA) is 96.0 Å². The standard InChI is InChI=1S/C16H13N3O3S/c17-10-13-3-1-2-4-16(13)23(20,21)19-8-7-12-5-6-14-15(9-12)22-11-18-14/h1-6,9,11,19H,7-8H2. The summed E-state index contributed by atoms with van der Waals surface area (Å²) in [7, 11) is -3.71. The average molecular weight is 327 g/mol. The molecule has 0 fully saturated rings. The van der Waals surface area contributed by atoms with Gasteiger partial charge in [-0.1, -0.05) is 18.2 Å². The molecular weight excluding hydrogens is 314 g/mol. The Morgan fingerprint density at radius 2 is 2.04 bits per heavy atom. The molecule has 1 heterocycles. The van der Waals surface area contributed by atoms with Crippen LogP contribution in [0.5, 0.6) is 0 Å². The van der Waals surface area contributed by atoms with E-state index in [2.05, 4.69) is 9.71 Å². The zero-order valence-electron chi connectivity index (χ0n) is 12.1. The monoisotopic (exact) mass is 327 g/mol. The van der Waals surface area contributed by atoms with E-state index in [1.807, 2.05) is 24.3 Å². The van der Waals surface area contributed by atoms with Crippen LogP contribution in [0.3, 0.4) is 0 Å². The van der Waals surface area contributed by atoms with Crippen molar-refractivity contribution in [1.29, 1.82) is 5.26 Å². The number of fused-ring (bicyclic) bond motifs is 1. The van der Waals surface area contributed by atoms with Gasteiger partial charge < -0.3 is 4.42 Å². The molecule has 0 unspecified atom stereocenters. The lowest BCUT2D eigenvalue weighted by Crippen LogP contribution is -2.26. The smallest absolute Gasteiger partial charge is 0.241 e. The maximum atomic E-state index is 12.3. The molecule has 0 aliphatic carbocycles. The van der Waals surface area contributed by atoms with Crippen molar-refractivity contribution in [3.05, 3.63) is 60.0 Å². The van der Waals surface area contributed by atoms with Crippen molar-refractivity contribution in [1.82, 2.24) is 9.71 Å². The molecule has 0 aliphatic rings. The highest BCUT2D eigenvalue weighted by molar-refractivity contribution is 7.89. The number of rotatable bonds is 5. The second-order valence-electron chi connectivity index (χ2n) is 4.91. The van der Waals surface area contributed by atoms with Crippen molar-refractivity contribution >= 4 is 21.1 Å². The van der Waals surface area contributed by atoms with E-state index in [4.69, 9.17) is 9.68 Å². The fourth-order valence-electron chi connectivity index (χ4n) is 2.26. The van der Waals surface area contributed by atoms with Gasteiger partial charge in [0.1, 0.15) is 11.6 Å². The van der Waals surface area contributed by atoms with Crippen molar-refractivity contribution in [2.24, 2.45) is 0 Å². The molecule has 1 aromatic heterocycles. The Hall–Kier alpha value is -2.69. The van der Waals surface area contributed by atoms with Crippen molar-refractivity contribution in [2.45, 2.75) is 11.3 Å². The Labute approximate surface area is 133 Å². The molecule has 3 rings (SSSR count). The van der Waals surface area contributed by atoms with E-state index in [1.165, 1.54) is 18.5 Å². The molecular formula is C16H13N3O3S. The molecule has 3 aromatic rings. The van der Waals surface area contributed by atoms with Crippen LogP contribution in [0, 0.1) is 11.3 Å². The van der Waals surface area contributed by atoms with Crippen molar-refractivity contribution in [3.8, 4) is 6.07 Å². The summed E-state index contributed by atoms with van der Waals surface area (Å²) in [6.07, 6.45) is 1.88.